The number of amides is 2. The third-order valence-electron chi connectivity index (χ3n) is 3.92. The number of esters is 1. The van der Waals surface area contributed by atoms with E-state index < -0.39 is 11.5 Å². The summed E-state index contributed by atoms with van der Waals surface area (Å²) in [6, 6.07) is 0. The Morgan fingerprint density at radius 2 is 1.95 bits per heavy atom. The molecule has 0 aromatic carbocycles. The van der Waals surface area contributed by atoms with Gasteiger partial charge in [-0.3, -0.25) is 14.5 Å². The molecule has 0 spiro atoms. The van der Waals surface area contributed by atoms with Crippen LogP contribution in [0.3, 0.4) is 0 Å². The van der Waals surface area contributed by atoms with Gasteiger partial charge in [0, 0.05) is 0 Å². The van der Waals surface area contributed by atoms with Gasteiger partial charge in [-0.15, -0.1) is 0 Å². The Morgan fingerprint density at radius 3 is 2.45 bits per heavy atom. The molecule has 1 saturated carbocycles. The second kappa shape index (κ2) is 5.52. The van der Waals surface area contributed by atoms with Crippen LogP contribution in [-0.2, 0) is 19.1 Å². The third kappa shape index (κ3) is 2.57. The zero-order chi connectivity index (χ0) is 14.9. The number of piperidine rings is 1. The summed E-state index contributed by atoms with van der Waals surface area (Å²) >= 11 is 0. The Balaban J connectivity index is 2.09. The van der Waals surface area contributed by atoms with Crippen LogP contribution in [0.1, 0.15) is 33.6 Å². The molecule has 2 aliphatic rings. The highest BCUT2D eigenvalue weighted by atomic mass is 16.5. The van der Waals surface area contributed by atoms with Gasteiger partial charge in [0.1, 0.15) is 5.54 Å². The molecule has 3 atom stereocenters. The number of hydrogen-bond acceptors (Lipinski definition) is 5. The van der Waals surface area contributed by atoms with Crippen molar-refractivity contribution in [3.63, 3.8) is 0 Å². The molecule has 1 saturated heterocycles. The number of fused-ring (bicyclic) bond motifs is 1. The van der Waals surface area contributed by atoms with Crippen molar-refractivity contribution in [2.45, 2.75) is 39.2 Å². The number of ether oxygens (including phenoxy) is 1. The van der Waals surface area contributed by atoms with Gasteiger partial charge in [0.15, 0.2) is 0 Å². The highest BCUT2D eigenvalue weighted by Crippen LogP contribution is 2.47. The predicted octanol–water partition coefficient (Wildman–Crippen LogP) is 0.313. The molecule has 0 radical (unpaired) electrons. The van der Waals surface area contributed by atoms with Crippen LogP contribution < -0.4 is 5.32 Å². The van der Waals surface area contributed by atoms with Crippen LogP contribution in [0, 0.1) is 11.8 Å². The molecule has 1 heterocycles. The highest BCUT2D eigenvalue weighted by Gasteiger charge is 2.60. The topological polar surface area (TPSA) is 75.7 Å². The first-order valence-electron chi connectivity index (χ1n) is 7.22. The van der Waals surface area contributed by atoms with Crippen LogP contribution in [0.25, 0.3) is 0 Å². The molecule has 0 aromatic rings. The molecule has 20 heavy (non-hydrogen) atoms. The van der Waals surface area contributed by atoms with Crippen LogP contribution in [0.4, 0.5) is 0 Å². The standard InChI is InChI=1S/C14H22N2O4/c1-4-6-15-14(3,13(19)20-5-2)8-16-11(17)9-7-10(9)12(16)18/h9-10,15H,4-8H2,1-3H3. The van der Waals surface area contributed by atoms with Gasteiger partial charge in [0.2, 0.25) is 11.8 Å². The van der Waals surface area contributed by atoms with Crippen molar-refractivity contribution in [1.29, 1.82) is 0 Å². The van der Waals surface area contributed by atoms with Gasteiger partial charge < -0.3 is 10.1 Å². The summed E-state index contributed by atoms with van der Waals surface area (Å²) < 4.78 is 5.07. The maximum absolute atomic E-state index is 12.1. The molecule has 1 N–H and O–H groups in total. The highest BCUT2D eigenvalue weighted by molar-refractivity contribution is 6.09. The van der Waals surface area contributed by atoms with Crippen LogP contribution in [0.5, 0.6) is 0 Å². The number of hydrogen-bond donors (Lipinski definition) is 1. The van der Waals surface area contributed by atoms with Crippen molar-refractivity contribution in [2.75, 3.05) is 19.7 Å². The zero-order valence-corrected chi connectivity index (χ0v) is 12.3. The second-order valence-corrected chi connectivity index (χ2v) is 5.69. The van der Waals surface area contributed by atoms with Gasteiger partial charge in [-0.05, 0) is 33.2 Å². The number of nitrogens with one attached hydrogen (secondary N) is 1. The van der Waals surface area contributed by atoms with Crippen LogP contribution in [-0.4, -0.2) is 47.9 Å². The van der Waals surface area contributed by atoms with E-state index >= 15 is 0 Å². The average molecular weight is 282 g/mol. The van der Waals surface area contributed by atoms with E-state index in [0.29, 0.717) is 13.0 Å². The molecular formula is C14H22N2O4. The minimum Gasteiger partial charge on any atom is -0.465 e. The lowest BCUT2D eigenvalue weighted by Crippen LogP contribution is -2.59. The number of carbonyl (C=O) groups excluding carboxylic acids is 3. The van der Waals surface area contributed by atoms with Gasteiger partial charge in [-0.1, -0.05) is 6.92 Å². The van der Waals surface area contributed by atoms with Crippen LogP contribution in [0.15, 0.2) is 0 Å². The molecule has 0 bridgehead atoms. The minimum atomic E-state index is -1.03. The number of carbonyl (C=O) groups is 3. The normalized spacial score (nSPS) is 27.2. The lowest BCUT2D eigenvalue weighted by atomic mass is 10.0. The van der Waals surface area contributed by atoms with Gasteiger partial charge in [-0.25, -0.2) is 4.79 Å². The van der Waals surface area contributed by atoms with Crippen molar-refractivity contribution in [3.8, 4) is 0 Å². The summed E-state index contributed by atoms with van der Waals surface area (Å²) in [6.07, 6.45) is 1.52. The lowest BCUT2D eigenvalue weighted by molar-refractivity contribution is -0.153. The predicted molar refractivity (Wildman–Crippen MR) is 71.6 cm³/mol. The van der Waals surface area contributed by atoms with Gasteiger partial charge in [0.25, 0.3) is 0 Å². The van der Waals surface area contributed by atoms with Crippen molar-refractivity contribution < 1.29 is 19.1 Å². The van der Waals surface area contributed by atoms with E-state index in [1.807, 2.05) is 6.92 Å². The first-order chi connectivity index (χ1) is 9.44. The Labute approximate surface area is 118 Å². The average Bonchev–Trinajstić information content (AvgIpc) is 3.17. The van der Waals surface area contributed by atoms with Gasteiger partial charge in [0.05, 0.1) is 25.0 Å². The smallest absolute Gasteiger partial charge is 0.327 e. The molecule has 6 heteroatoms. The van der Waals surface area contributed by atoms with E-state index in [2.05, 4.69) is 5.32 Å². The van der Waals surface area contributed by atoms with E-state index in [-0.39, 0.29) is 36.8 Å². The number of imide groups is 1. The fourth-order valence-corrected chi connectivity index (χ4v) is 2.61. The Hall–Kier alpha value is -1.43. The molecule has 112 valence electrons. The first-order valence-corrected chi connectivity index (χ1v) is 7.22. The van der Waals surface area contributed by atoms with Crippen LogP contribution in [0.2, 0.25) is 0 Å². The summed E-state index contributed by atoms with van der Waals surface area (Å²) in [5, 5.41) is 3.11. The monoisotopic (exact) mass is 282 g/mol. The van der Waals surface area contributed by atoms with E-state index in [9.17, 15) is 14.4 Å². The molecule has 1 aliphatic carbocycles. The third-order valence-corrected chi connectivity index (χ3v) is 3.92. The first kappa shape index (κ1) is 15.0. The molecule has 2 fully saturated rings. The lowest BCUT2D eigenvalue weighted by Gasteiger charge is -2.32. The fraction of sp³-hybridized carbons (Fsp3) is 0.786. The van der Waals surface area contributed by atoms with E-state index in [0.717, 1.165) is 6.42 Å². The molecule has 2 amide bonds. The molecule has 6 nitrogen and oxygen atoms in total. The number of rotatable bonds is 7. The van der Waals surface area contributed by atoms with E-state index in [4.69, 9.17) is 4.74 Å². The summed E-state index contributed by atoms with van der Waals surface area (Å²) in [5.41, 5.74) is -1.03. The maximum atomic E-state index is 12.1. The molecule has 1 aliphatic heterocycles. The largest absolute Gasteiger partial charge is 0.465 e. The van der Waals surface area contributed by atoms with Gasteiger partial charge >= 0.3 is 5.97 Å². The molecule has 2 rings (SSSR count). The van der Waals surface area contributed by atoms with Crippen molar-refractivity contribution >= 4 is 17.8 Å². The zero-order valence-electron chi connectivity index (χ0n) is 12.3. The van der Waals surface area contributed by atoms with E-state index in [1.165, 1.54) is 4.90 Å². The number of nitrogens with zero attached hydrogens (tertiary/aromatic N) is 1. The quantitative estimate of drug-likeness (QED) is 0.537. The Morgan fingerprint density at radius 1 is 1.35 bits per heavy atom. The molecular weight excluding hydrogens is 260 g/mol. The van der Waals surface area contributed by atoms with E-state index in [1.54, 1.807) is 13.8 Å². The summed E-state index contributed by atoms with van der Waals surface area (Å²) in [5.74, 6) is -0.988. The van der Waals surface area contributed by atoms with Crippen molar-refractivity contribution in [2.24, 2.45) is 11.8 Å². The van der Waals surface area contributed by atoms with Gasteiger partial charge in [-0.2, -0.15) is 0 Å². The Kier molecular flexibility index (Phi) is 4.13. The maximum Gasteiger partial charge on any atom is 0.327 e. The summed E-state index contributed by atoms with van der Waals surface area (Å²) in [7, 11) is 0. The van der Waals surface area contributed by atoms with Crippen molar-refractivity contribution in [1.82, 2.24) is 10.2 Å². The molecule has 3 unspecified atom stereocenters. The second-order valence-electron chi connectivity index (χ2n) is 5.69. The summed E-state index contributed by atoms with van der Waals surface area (Å²) in [4.78, 5) is 37.4. The Bertz CT molecular complexity index is 417. The minimum absolute atomic E-state index is 0.0521. The summed E-state index contributed by atoms with van der Waals surface area (Å²) in [6.45, 7) is 6.36. The van der Waals surface area contributed by atoms with Crippen LogP contribution >= 0.6 is 0 Å². The molecule has 0 aromatic heterocycles. The van der Waals surface area contributed by atoms with Crippen molar-refractivity contribution in [3.05, 3.63) is 0 Å². The SMILES string of the molecule is CCCNC(C)(CN1C(=O)C2CC2C1=O)C(=O)OCC. The number of likely N-dealkylation sites (tertiary alicyclic amines) is 1. The fourth-order valence-electron chi connectivity index (χ4n) is 2.61.